The van der Waals surface area contributed by atoms with Crippen LogP contribution < -0.4 is 11.2 Å². The summed E-state index contributed by atoms with van der Waals surface area (Å²) in [5, 5.41) is 3.23. The molecule has 2 amide bonds. The molecule has 3 atom stereocenters. The minimum absolute atomic E-state index is 0.0810. The van der Waals surface area contributed by atoms with E-state index in [9.17, 15) is 9.59 Å². The molecule has 4 aliphatic heterocycles. The number of carbonyl (C=O) groups excluding carboxylic acids is 2. The first-order valence-electron chi connectivity index (χ1n) is 11.7. The van der Waals surface area contributed by atoms with E-state index in [0.717, 1.165) is 47.8 Å². The second-order valence-electron chi connectivity index (χ2n) is 9.25. The highest BCUT2D eigenvalue weighted by Gasteiger charge is 2.47. The van der Waals surface area contributed by atoms with E-state index < -0.39 is 0 Å². The van der Waals surface area contributed by atoms with Crippen molar-refractivity contribution in [2.24, 2.45) is 21.7 Å². The molecule has 4 aliphatic rings. The lowest BCUT2D eigenvalue weighted by Gasteiger charge is -2.35. The van der Waals surface area contributed by atoms with Crippen LogP contribution in [0.15, 0.2) is 58.0 Å². The lowest BCUT2D eigenvalue weighted by atomic mass is 9.90. The molecule has 1 unspecified atom stereocenters. The van der Waals surface area contributed by atoms with E-state index in [2.05, 4.69) is 19.7 Å². The number of quaternary nitrogens is 1. The average molecular weight is 490 g/mol. The molecule has 2 saturated heterocycles. The number of carbonyl (C=O) groups is 2. The van der Waals surface area contributed by atoms with Gasteiger partial charge in [0.1, 0.15) is 17.7 Å². The van der Waals surface area contributed by atoms with Crippen molar-refractivity contribution >= 4 is 40.5 Å². The van der Waals surface area contributed by atoms with Crippen LogP contribution in [0.1, 0.15) is 47.4 Å². The van der Waals surface area contributed by atoms with Crippen molar-refractivity contribution < 1.29 is 14.2 Å². The predicted molar refractivity (Wildman–Crippen MR) is 132 cm³/mol. The van der Waals surface area contributed by atoms with Gasteiger partial charge < -0.3 is 4.90 Å². The number of nitrogens with two attached hydrogens (primary N) is 1. The normalized spacial score (nSPS) is 27.2. The smallest absolute Gasteiger partial charge is 0.264 e. The van der Waals surface area contributed by atoms with Gasteiger partial charge in [-0.15, -0.1) is 4.59 Å². The van der Waals surface area contributed by atoms with Crippen LogP contribution in [0.2, 0.25) is 0 Å². The Bertz CT molecular complexity index is 1340. The third kappa shape index (κ3) is 3.72. The Morgan fingerprint density at radius 2 is 2.06 bits per heavy atom. The van der Waals surface area contributed by atoms with E-state index >= 15 is 0 Å². The zero-order chi connectivity index (χ0) is 24.2. The lowest BCUT2D eigenvalue weighted by molar-refractivity contribution is -0.750. The van der Waals surface area contributed by atoms with Gasteiger partial charge in [0, 0.05) is 42.0 Å². The van der Waals surface area contributed by atoms with Crippen molar-refractivity contribution in [2.75, 3.05) is 11.9 Å². The third-order valence-corrected chi connectivity index (χ3v) is 7.80. The number of piperidine rings is 1. The number of aryl methyl sites for hydroxylation is 1. The van der Waals surface area contributed by atoms with Gasteiger partial charge in [0.2, 0.25) is 16.7 Å². The first-order valence-corrected chi connectivity index (χ1v) is 12.4. The van der Waals surface area contributed by atoms with E-state index in [1.807, 2.05) is 23.2 Å². The molecular weight excluding hydrogens is 464 g/mol. The van der Waals surface area contributed by atoms with Gasteiger partial charge in [-0.2, -0.15) is 15.2 Å². The molecule has 35 heavy (non-hydrogen) atoms. The van der Waals surface area contributed by atoms with Crippen LogP contribution in [-0.4, -0.2) is 55.3 Å². The topological polar surface area (TPSA) is 126 Å². The minimum Gasteiger partial charge on any atom is -0.339 e. The van der Waals surface area contributed by atoms with Crippen LogP contribution in [0.4, 0.5) is 5.13 Å². The highest BCUT2D eigenvalue weighted by molar-refractivity contribution is 7.09. The summed E-state index contributed by atoms with van der Waals surface area (Å²) in [6.45, 7) is 2.45. The molecule has 0 bridgehead atoms. The van der Waals surface area contributed by atoms with Gasteiger partial charge in [-0.3, -0.25) is 19.9 Å². The van der Waals surface area contributed by atoms with Crippen molar-refractivity contribution in [2.45, 2.75) is 38.6 Å². The van der Waals surface area contributed by atoms with E-state index in [1.165, 1.54) is 0 Å². The number of benzene rings is 1. The molecule has 0 spiro atoms. The number of hydrogen-bond acceptors (Lipinski definition) is 8. The molecule has 0 saturated carbocycles. The summed E-state index contributed by atoms with van der Waals surface area (Å²) in [5.74, 6) is 8.25. The fourth-order valence-electron chi connectivity index (χ4n) is 5.28. The van der Waals surface area contributed by atoms with Crippen molar-refractivity contribution in [3.63, 3.8) is 0 Å². The van der Waals surface area contributed by atoms with Crippen LogP contribution in [0, 0.1) is 12.8 Å². The van der Waals surface area contributed by atoms with Gasteiger partial charge in [-0.25, -0.2) is 4.98 Å². The number of fused-ring (bicyclic) bond motifs is 2. The maximum atomic E-state index is 12.6. The van der Waals surface area contributed by atoms with E-state index in [-0.39, 0.29) is 22.3 Å². The average Bonchev–Trinajstić information content (AvgIpc) is 3.54. The summed E-state index contributed by atoms with van der Waals surface area (Å²) in [6, 6.07) is 7.57. The molecule has 1 aromatic carbocycles. The second kappa shape index (κ2) is 8.29. The number of nitrogens with zero attached hydrogens (tertiary/aromatic N) is 6. The minimum atomic E-state index is -0.255. The number of aromatic nitrogens is 2. The molecule has 3 N–H and O–H groups in total. The van der Waals surface area contributed by atoms with Crippen LogP contribution in [0.5, 0.6) is 0 Å². The summed E-state index contributed by atoms with van der Waals surface area (Å²) in [4.78, 5) is 40.5. The Kier molecular flexibility index (Phi) is 5.20. The van der Waals surface area contributed by atoms with Crippen molar-refractivity contribution in [1.82, 2.24) is 14.3 Å². The maximum absolute atomic E-state index is 12.6. The van der Waals surface area contributed by atoms with Gasteiger partial charge in [0.15, 0.2) is 0 Å². The van der Waals surface area contributed by atoms with Crippen molar-refractivity contribution in [1.29, 1.82) is 0 Å². The first-order chi connectivity index (χ1) is 16.9. The summed E-state index contributed by atoms with van der Waals surface area (Å²) in [5.41, 5.74) is 3.03. The van der Waals surface area contributed by atoms with Gasteiger partial charge in [-0.1, -0.05) is 0 Å². The fourth-order valence-corrected chi connectivity index (χ4v) is 5.85. The maximum Gasteiger partial charge on any atom is 0.264 e. The second-order valence-corrected chi connectivity index (χ2v) is 10.0. The zero-order valence-corrected chi connectivity index (χ0v) is 20.0. The van der Waals surface area contributed by atoms with E-state index in [4.69, 9.17) is 10.8 Å². The molecule has 11 heteroatoms. The number of rotatable bonds is 4. The summed E-state index contributed by atoms with van der Waals surface area (Å²) in [6.07, 6.45) is 8.79. The Labute approximate surface area is 206 Å². The SMILES string of the molecule is Cc1nsc(NC(=O)c2ccc(C3=NC([C@@H]4CC[C@H]5CCC(=O)N5C4)=C4C=NC=C[N+]34N)cc2)n1. The molecule has 6 rings (SSSR count). The summed E-state index contributed by atoms with van der Waals surface area (Å²) in [7, 11) is 0. The molecule has 0 aliphatic carbocycles. The first kappa shape index (κ1) is 22.0. The van der Waals surface area contributed by atoms with Crippen molar-refractivity contribution in [3.05, 3.63) is 65.0 Å². The molecule has 1 aromatic heterocycles. The zero-order valence-electron chi connectivity index (χ0n) is 19.2. The van der Waals surface area contributed by atoms with Gasteiger partial charge in [0.05, 0.1) is 18.0 Å². The Hall–Kier alpha value is -3.54. The number of aliphatic imine (C=N–C) groups is 2. The standard InChI is InChI=1S/C24H24N8O2S/c1-14-27-24(35-30-14)29-23(34)16-4-2-15(3-5-16)22-28-21(19-12-26-10-11-32(19,22)25)17-6-7-18-8-9-20(33)31(18)13-17/h2-5,10-12,17-18H,6-9,13,25H2,1H3/p+1/t17-,18+,32?/m1/s1. The highest BCUT2D eigenvalue weighted by atomic mass is 32.1. The molecule has 178 valence electrons. The number of anilines is 1. The van der Waals surface area contributed by atoms with Gasteiger partial charge >= 0.3 is 0 Å². The van der Waals surface area contributed by atoms with Crippen LogP contribution in [0.3, 0.4) is 0 Å². The van der Waals surface area contributed by atoms with Crippen LogP contribution in [-0.2, 0) is 4.79 Å². The molecule has 10 nitrogen and oxygen atoms in total. The molecule has 2 aromatic rings. The highest BCUT2D eigenvalue weighted by Crippen LogP contribution is 2.40. The van der Waals surface area contributed by atoms with E-state index in [0.29, 0.717) is 41.4 Å². The van der Waals surface area contributed by atoms with Crippen molar-refractivity contribution in [3.8, 4) is 0 Å². The third-order valence-electron chi connectivity index (χ3n) is 7.08. The monoisotopic (exact) mass is 489 g/mol. The van der Waals surface area contributed by atoms with Crippen LogP contribution >= 0.6 is 11.5 Å². The largest absolute Gasteiger partial charge is 0.339 e. The van der Waals surface area contributed by atoms with Crippen LogP contribution in [0.25, 0.3) is 0 Å². The predicted octanol–water partition coefficient (Wildman–Crippen LogP) is 2.72. The number of amidine groups is 1. The fraction of sp³-hybridized carbons (Fsp3) is 0.333. The number of allylic oxidation sites excluding steroid dienone is 1. The van der Waals surface area contributed by atoms with Gasteiger partial charge in [-0.05, 0) is 50.5 Å². The Morgan fingerprint density at radius 1 is 1.23 bits per heavy atom. The number of nitrogens with one attached hydrogen (secondary N) is 1. The molecular formula is C24H25N8O2S+. The molecule has 5 heterocycles. The Balaban J connectivity index is 1.28. The number of hydrogen-bond donors (Lipinski definition) is 2. The Morgan fingerprint density at radius 3 is 2.83 bits per heavy atom. The molecule has 0 radical (unpaired) electrons. The quantitative estimate of drug-likeness (QED) is 0.505. The van der Waals surface area contributed by atoms with E-state index in [1.54, 1.807) is 31.5 Å². The lowest BCUT2D eigenvalue weighted by Crippen LogP contribution is -2.53. The molecule has 2 fully saturated rings. The summed E-state index contributed by atoms with van der Waals surface area (Å²) < 4.78 is 4.00. The summed E-state index contributed by atoms with van der Waals surface area (Å²) >= 11 is 1.15. The van der Waals surface area contributed by atoms with Gasteiger partial charge in [0.25, 0.3) is 11.7 Å². The number of amides is 2.